The molecule has 0 aromatic carbocycles. The minimum absolute atomic E-state index is 0.609. The number of rotatable bonds is 0. The molecule has 0 amide bonds. The van der Waals surface area contributed by atoms with E-state index in [-0.39, 0.29) is 0 Å². The van der Waals surface area contributed by atoms with Gasteiger partial charge in [-0.15, -0.1) is 0 Å². The highest BCUT2D eigenvalue weighted by Gasteiger charge is 2.60. The van der Waals surface area contributed by atoms with Crippen molar-refractivity contribution in [3.63, 3.8) is 0 Å². The van der Waals surface area contributed by atoms with Crippen LogP contribution >= 0.6 is 0 Å². The van der Waals surface area contributed by atoms with Gasteiger partial charge in [-0.05, 0) is 24.7 Å². The molecule has 2 fully saturated rings. The maximum absolute atomic E-state index is 5.56. The zero-order valence-corrected chi connectivity index (χ0v) is 3.78. The zero-order chi connectivity index (χ0) is 4.20. The third-order valence-electron chi connectivity index (χ3n) is 2.15. The van der Waals surface area contributed by atoms with Gasteiger partial charge in [-0.2, -0.15) is 0 Å². The molecule has 0 radical (unpaired) electrons. The molecule has 0 aliphatic heterocycles. The van der Waals surface area contributed by atoms with E-state index in [0.717, 1.165) is 5.41 Å². The summed E-state index contributed by atoms with van der Waals surface area (Å²) < 4.78 is 0. The monoisotopic (exact) mass is 83.1 g/mol. The third-order valence-corrected chi connectivity index (χ3v) is 2.15. The molecule has 0 saturated heterocycles. The molecule has 34 valence electrons. The van der Waals surface area contributed by atoms with Crippen LogP contribution in [0.15, 0.2) is 0 Å². The lowest BCUT2D eigenvalue weighted by Crippen LogP contribution is -2.00. The second kappa shape index (κ2) is 0.544. The van der Waals surface area contributed by atoms with E-state index in [2.05, 4.69) is 0 Å². The Morgan fingerprint density at radius 2 is 2.00 bits per heavy atom. The maximum atomic E-state index is 5.56. The van der Waals surface area contributed by atoms with E-state index in [0.29, 0.717) is 6.04 Å². The average Bonchev–Trinajstić information content (AvgIpc) is 2.25. The Morgan fingerprint density at radius 3 is 2.00 bits per heavy atom. The van der Waals surface area contributed by atoms with E-state index >= 15 is 0 Å². The SMILES string of the molecule is N[C@H]1CC12CC2. The van der Waals surface area contributed by atoms with Gasteiger partial charge >= 0.3 is 0 Å². The molecular formula is C5H9N. The molecule has 1 atom stereocenters. The van der Waals surface area contributed by atoms with Crippen molar-refractivity contribution in [2.75, 3.05) is 0 Å². The van der Waals surface area contributed by atoms with Crippen molar-refractivity contribution < 1.29 is 0 Å². The standard InChI is InChI=1S/C5H9N/c6-4-3-5(4)1-2-5/h4H,1-3,6H2/t4-/m0/s1. The van der Waals surface area contributed by atoms with Crippen molar-refractivity contribution in [1.82, 2.24) is 0 Å². The van der Waals surface area contributed by atoms with E-state index in [9.17, 15) is 0 Å². The number of hydrogen-bond acceptors (Lipinski definition) is 1. The molecular weight excluding hydrogens is 74.1 g/mol. The highest BCUT2D eigenvalue weighted by Crippen LogP contribution is 2.64. The lowest BCUT2D eigenvalue weighted by Gasteiger charge is -1.73. The van der Waals surface area contributed by atoms with Crippen LogP contribution in [0.2, 0.25) is 0 Å². The minimum atomic E-state index is 0.609. The summed E-state index contributed by atoms with van der Waals surface area (Å²) in [7, 11) is 0. The smallest absolute Gasteiger partial charge is 0.0102 e. The fourth-order valence-electron chi connectivity index (χ4n) is 1.11. The zero-order valence-electron chi connectivity index (χ0n) is 3.78. The molecule has 0 heterocycles. The Morgan fingerprint density at radius 1 is 1.50 bits per heavy atom. The molecule has 0 aromatic rings. The highest BCUT2D eigenvalue weighted by molar-refractivity contribution is 5.15. The molecule has 6 heavy (non-hydrogen) atoms. The molecule has 0 bridgehead atoms. The lowest BCUT2D eigenvalue weighted by molar-refractivity contribution is 0.825. The normalized spacial score (nSPS) is 46.5. The van der Waals surface area contributed by atoms with Gasteiger partial charge in [0.05, 0.1) is 0 Å². The lowest BCUT2D eigenvalue weighted by atomic mass is 10.4. The van der Waals surface area contributed by atoms with Crippen molar-refractivity contribution in [1.29, 1.82) is 0 Å². The Bertz CT molecular complexity index is 83.9. The van der Waals surface area contributed by atoms with Crippen molar-refractivity contribution in [3.05, 3.63) is 0 Å². The number of nitrogens with two attached hydrogens (primary N) is 1. The van der Waals surface area contributed by atoms with E-state index in [1.165, 1.54) is 19.3 Å². The maximum Gasteiger partial charge on any atom is 0.0102 e. The molecule has 0 unspecified atom stereocenters. The van der Waals surface area contributed by atoms with Crippen LogP contribution in [0.3, 0.4) is 0 Å². The van der Waals surface area contributed by atoms with Crippen LogP contribution in [0, 0.1) is 5.41 Å². The van der Waals surface area contributed by atoms with Gasteiger partial charge in [0.1, 0.15) is 0 Å². The summed E-state index contributed by atoms with van der Waals surface area (Å²) in [6.45, 7) is 0. The van der Waals surface area contributed by atoms with E-state index < -0.39 is 0 Å². The molecule has 1 nitrogen and oxygen atoms in total. The van der Waals surface area contributed by atoms with Crippen molar-refractivity contribution in [2.45, 2.75) is 25.3 Å². The molecule has 1 heteroatoms. The predicted molar refractivity (Wildman–Crippen MR) is 24.3 cm³/mol. The summed E-state index contributed by atoms with van der Waals surface area (Å²) in [4.78, 5) is 0. The second-order valence-electron chi connectivity index (χ2n) is 2.67. The first kappa shape index (κ1) is 3.03. The quantitative estimate of drug-likeness (QED) is 0.453. The van der Waals surface area contributed by atoms with Gasteiger partial charge in [-0.3, -0.25) is 0 Å². The van der Waals surface area contributed by atoms with E-state index in [4.69, 9.17) is 5.73 Å². The first-order chi connectivity index (χ1) is 2.83. The van der Waals surface area contributed by atoms with Crippen molar-refractivity contribution in [3.8, 4) is 0 Å². The Hall–Kier alpha value is -0.0400. The van der Waals surface area contributed by atoms with Crippen LogP contribution in [0.4, 0.5) is 0 Å². The first-order valence-corrected chi connectivity index (χ1v) is 2.59. The Balaban J connectivity index is 2.17. The molecule has 2 aliphatic rings. The molecule has 0 aromatic heterocycles. The topological polar surface area (TPSA) is 26.0 Å². The summed E-state index contributed by atoms with van der Waals surface area (Å²) in [5.41, 5.74) is 6.30. The molecule has 2 aliphatic carbocycles. The van der Waals surface area contributed by atoms with E-state index in [1.807, 2.05) is 0 Å². The summed E-state index contributed by atoms with van der Waals surface area (Å²) >= 11 is 0. The van der Waals surface area contributed by atoms with Crippen LogP contribution in [-0.2, 0) is 0 Å². The average molecular weight is 83.1 g/mol. The van der Waals surface area contributed by atoms with Gasteiger partial charge in [-0.25, -0.2) is 0 Å². The van der Waals surface area contributed by atoms with Crippen LogP contribution < -0.4 is 5.73 Å². The Labute approximate surface area is 37.5 Å². The fourth-order valence-corrected chi connectivity index (χ4v) is 1.11. The highest BCUT2D eigenvalue weighted by atomic mass is 14.9. The summed E-state index contributed by atoms with van der Waals surface area (Å²) in [5, 5.41) is 0. The Kier molecular flexibility index (Phi) is 0.274. The predicted octanol–water partition coefficient (Wildman–Crippen LogP) is 0.498. The molecule has 2 rings (SSSR count). The summed E-state index contributed by atoms with van der Waals surface area (Å²) in [6, 6.07) is 0.609. The van der Waals surface area contributed by atoms with Crippen LogP contribution in [0.1, 0.15) is 19.3 Å². The third kappa shape index (κ3) is 0.178. The van der Waals surface area contributed by atoms with Gasteiger partial charge in [-0.1, -0.05) is 0 Å². The van der Waals surface area contributed by atoms with Crippen LogP contribution in [0.5, 0.6) is 0 Å². The molecule has 2 N–H and O–H groups in total. The van der Waals surface area contributed by atoms with Gasteiger partial charge < -0.3 is 5.73 Å². The fraction of sp³-hybridized carbons (Fsp3) is 1.00. The van der Waals surface area contributed by atoms with Crippen LogP contribution in [0.25, 0.3) is 0 Å². The van der Waals surface area contributed by atoms with Gasteiger partial charge in [0.2, 0.25) is 0 Å². The van der Waals surface area contributed by atoms with Crippen molar-refractivity contribution in [2.24, 2.45) is 11.1 Å². The van der Waals surface area contributed by atoms with Gasteiger partial charge in [0, 0.05) is 6.04 Å². The van der Waals surface area contributed by atoms with Crippen molar-refractivity contribution >= 4 is 0 Å². The minimum Gasteiger partial charge on any atom is -0.327 e. The second-order valence-corrected chi connectivity index (χ2v) is 2.67. The van der Waals surface area contributed by atoms with Gasteiger partial charge in [0.15, 0.2) is 0 Å². The molecule has 2 saturated carbocycles. The first-order valence-electron chi connectivity index (χ1n) is 2.59. The van der Waals surface area contributed by atoms with Crippen LogP contribution in [-0.4, -0.2) is 6.04 Å². The molecule has 1 spiro atoms. The summed E-state index contributed by atoms with van der Waals surface area (Å²) in [6.07, 6.45) is 4.18. The van der Waals surface area contributed by atoms with Gasteiger partial charge in [0.25, 0.3) is 0 Å². The summed E-state index contributed by atoms with van der Waals surface area (Å²) in [5.74, 6) is 0. The number of hydrogen-bond donors (Lipinski definition) is 1. The largest absolute Gasteiger partial charge is 0.327 e. The van der Waals surface area contributed by atoms with E-state index in [1.54, 1.807) is 0 Å².